The van der Waals surface area contributed by atoms with Gasteiger partial charge in [0.15, 0.2) is 12.7 Å². The highest BCUT2D eigenvalue weighted by molar-refractivity contribution is 8.76. The molecule has 0 bridgehead atoms. The summed E-state index contributed by atoms with van der Waals surface area (Å²) in [5.41, 5.74) is 3.40. The van der Waals surface area contributed by atoms with Crippen molar-refractivity contribution in [2.24, 2.45) is 0 Å². The number of aliphatic hydroxyl groups excluding tert-OH is 1. The van der Waals surface area contributed by atoms with Crippen molar-refractivity contribution >= 4 is 39.4 Å². The molecule has 0 aliphatic rings. The normalized spacial score (nSPS) is 11.1. The maximum atomic E-state index is 8.83. The number of rotatable bonds is 10. The van der Waals surface area contributed by atoms with Crippen molar-refractivity contribution in [3.63, 3.8) is 0 Å². The summed E-state index contributed by atoms with van der Waals surface area (Å²) in [4.78, 5) is 0. The first-order valence-electron chi connectivity index (χ1n) is 8.19. The molecule has 0 aliphatic heterocycles. The van der Waals surface area contributed by atoms with Crippen LogP contribution in [-0.4, -0.2) is 29.8 Å². The monoisotopic (exact) mass is 361 g/mol. The van der Waals surface area contributed by atoms with Crippen LogP contribution in [0.5, 0.6) is 0 Å². The number of aromatic nitrogens is 1. The highest BCUT2D eigenvalue weighted by Gasteiger charge is 2.06. The van der Waals surface area contributed by atoms with E-state index in [1.54, 1.807) is 0 Å². The van der Waals surface area contributed by atoms with Crippen LogP contribution in [0.25, 0.3) is 12.2 Å². The van der Waals surface area contributed by atoms with Gasteiger partial charge in [-0.25, -0.2) is 0 Å². The van der Waals surface area contributed by atoms with Crippen LogP contribution in [-0.2, 0) is 6.54 Å². The number of nitrogens with zero attached hydrogens (tertiary/aromatic N) is 1. The van der Waals surface area contributed by atoms with Crippen LogP contribution < -0.4 is 9.88 Å². The molecule has 0 saturated carbocycles. The summed E-state index contributed by atoms with van der Waals surface area (Å²) in [5, 5.41) is 12.0. The first kappa shape index (κ1) is 18.9. The van der Waals surface area contributed by atoms with Crippen LogP contribution in [0.1, 0.15) is 18.2 Å². The first-order chi connectivity index (χ1) is 11.8. The van der Waals surface area contributed by atoms with Crippen molar-refractivity contribution < 1.29 is 9.67 Å². The van der Waals surface area contributed by atoms with Gasteiger partial charge in [0.2, 0.25) is 5.69 Å². The van der Waals surface area contributed by atoms with E-state index < -0.39 is 0 Å². The SMILES string of the molecule is CCSSCC[n+]1ccccc1/C=C/c1ccc(NCCO)cc1. The number of hydrogen-bond donors (Lipinski definition) is 2. The molecule has 24 heavy (non-hydrogen) atoms. The van der Waals surface area contributed by atoms with E-state index in [1.165, 1.54) is 5.69 Å². The maximum absolute atomic E-state index is 8.83. The van der Waals surface area contributed by atoms with Gasteiger partial charge in [-0.2, -0.15) is 4.57 Å². The lowest BCUT2D eigenvalue weighted by molar-refractivity contribution is -0.694. The molecule has 1 aromatic carbocycles. The number of benzene rings is 1. The minimum Gasteiger partial charge on any atom is -0.395 e. The highest BCUT2D eigenvalue weighted by Crippen LogP contribution is 2.19. The predicted octanol–water partition coefficient (Wildman–Crippen LogP) is 3.95. The van der Waals surface area contributed by atoms with Crippen LogP contribution in [0.2, 0.25) is 0 Å². The standard InChI is InChI=1S/C19H24N2OS2/c1-2-23-24-16-14-21-13-4-3-5-19(21)11-8-17-6-9-18(10-7-17)20-12-15-22/h3-11,13,22H,2,12,14-16H2,1H3/p+1. The number of pyridine rings is 1. The number of aryl methyl sites for hydroxylation is 1. The molecule has 0 radical (unpaired) electrons. The van der Waals surface area contributed by atoms with Gasteiger partial charge in [0.25, 0.3) is 0 Å². The smallest absolute Gasteiger partial charge is 0.205 e. The van der Waals surface area contributed by atoms with Gasteiger partial charge in [-0.1, -0.05) is 40.6 Å². The Labute approximate surface area is 152 Å². The lowest BCUT2D eigenvalue weighted by Gasteiger charge is -2.04. The molecule has 5 heteroatoms. The average molecular weight is 362 g/mol. The summed E-state index contributed by atoms with van der Waals surface area (Å²) < 4.78 is 2.29. The molecule has 1 heterocycles. The summed E-state index contributed by atoms with van der Waals surface area (Å²) in [6, 6.07) is 14.5. The van der Waals surface area contributed by atoms with Gasteiger partial charge in [0.05, 0.1) is 12.4 Å². The first-order valence-corrected chi connectivity index (χ1v) is 10.7. The fraction of sp³-hybridized carbons (Fsp3) is 0.316. The van der Waals surface area contributed by atoms with E-state index in [0.29, 0.717) is 6.54 Å². The van der Waals surface area contributed by atoms with Crippen LogP contribution in [0.15, 0.2) is 48.7 Å². The topological polar surface area (TPSA) is 36.1 Å². The molecule has 2 aromatic rings. The van der Waals surface area contributed by atoms with Crippen molar-refractivity contribution in [2.75, 3.05) is 30.0 Å². The molecule has 3 nitrogen and oxygen atoms in total. The minimum atomic E-state index is 0.144. The van der Waals surface area contributed by atoms with Crippen molar-refractivity contribution in [3.05, 3.63) is 59.9 Å². The van der Waals surface area contributed by atoms with Gasteiger partial charge in [-0.05, 0) is 29.8 Å². The second-order valence-corrected chi connectivity index (χ2v) is 8.02. The van der Waals surface area contributed by atoms with E-state index in [-0.39, 0.29) is 6.61 Å². The summed E-state index contributed by atoms with van der Waals surface area (Å²) in [6.07, 6.45) is 6.43. The van der Waals surface area contributed by atoms with Crippen molar-refractivity contribution in [1.82, 2.24) is 0 Å². The molecule has 0 aliphatic carbocycles. The number of anilines is 1. The molecule has 0 spiro atoms. The molecule has 1 aromatic heterocycles. The number of hydrogen-bond acceptors (Lipinski definition) is 4. The Kier molecular flexibility index (Phi) is 8.81. The maximum Gasteiger partial charge on any atom is 0.205 e. The third-order valence-corrected chi connectivity index (χ3v) is 5.85. The summed E-state index contributed by atoms with van der Waals surface area (Å²) >= 11 is 0. The molecule has 0 amide bonds. The Morgan fingerprint density at radius 3 is 2.67 bits per heavy atom. The average Bonchev–Trinajstić information content (AvgIpc) is 2.63. The zero-order chi connectivity index (χ0) is 17.0. The fourth-order valence-corrected chi connectivity index (χ4v) is 3.85. The molecule has 2 rings (SSSR count). The molecular weight excluding hydrogens is 336 g/mol. The van der Waals surface area contributed by atoms with Gasteiger partial charge in [0.1, 0.15) is 0 Å². The Hall–Kier alpha value is -1.43. The second-order valence-electron chi connectivity index (χ2n) is 5.15. The van der Waals surface area contributed by atoms with Gasteiger partial charge in [-0.15, -0.1) is 0 Å². The van der Waals surface area contributed by atoms with Gasteiger partial charge in [-0.3, -0.25) is 0 Å². The molecule has 0 fully saturated rings. The van der Waals surface area contributed by atoms with Crippen molar-refractivity contribution in [3.8, 4) is 0 Å². The van der Waals surface area contributed by atoms with E-state index in [9.17, 15) is 0 Å². The lowest BCUT2D eigenvalue weighted by atomic mass is 10.1. The van der Waals surface area contributed by atoms with Crippen LogP contribution in [0.3, 0.4) is 0 Å². The van der Waals surface area contributed by atoms with Crippen molar-refractivity contribution in [2.45, 2.75) is 13.5 Å². The van der Waals surface area contributed by atoms with Gasteiger partial charge in [0, 0.05) is 36.2 Å². The van der Waals surface area contributed by atoms with E-state index in [2.05, 4.69) is 65.5 Å². The Morgan fingerprint density at radius 2 is 1.92 bits per heavy atom. The van der Waals surface area contributed by atoms with Gasteiger partial charge >= 0.3 is 0 Å². The van der Waals surface area contributed by atoms with E-state index in [0.717, 1.165) is 29.3 Å². The summed E-state index contributed by atoms with van der Waals surface area (Å²) in [5.74, 6) is 2.26. The van der Waals surface area contributed by atoms with Gasteiger partial charge < -0.3 is 10.4 Å². The quantitative estimate of drug-likeness (QED) is 0.382. The summed E-state index contributed by atoms with van der Waals surface area (Å²) in [7, 11) is 3.84. The largest absolute Gasteiger partial charge is 0.395 e. The Morgan fingerprint density at radius 1 is 1.08 bits per heavy atom. The lowest BCUT2D eigenvalue weighted by Crippen LogP contribution is -2.37. The molecule has 2 N–H and O–H groups in total. The van der Waals surface area contributed by atoms with E-state index >= 15 is 0 Å². The third-order valence-electron chi connectivity index (χ3n) is 3.39. The predicted molar refractivity (Wildman–Crippen MR) is 108 cm³/mol. The Balaban J connectivity index is 1.98. The number of aliphatic hydroxyl groups is 1. The van der Waals surface area contributed by atoms with Crippen molar-refractivity contribution in [1.29, 1.82) is 0 Å². The molecule has 128 valence electrons. The van der Waals surface area contributed by atoms with Crippen LogP contribution in [0.4, 0.5) is 5.69 Å². The molecule has 0 unspecified atom stereocenters. The molecule has 0 atom stereocenters. The zero-order valence-corrected chi connectivity index (χ0v) is 15.7. The second kappa shape index (κ2) is 11.2. The number of nitrogens with one attached hydrogen (secondary N) is 1. The Bertz CT molecular complexity index is 630. The fourth-order valence-electron chi connectivity index (χ4n) is 2.22. The highest BCUT2D eigenvalue weighted by atomic mass is 33.1. The van der Waals surface area contributed by atoms with Crippen LogP contribution >= 0.6 is 21.6 Å². The van der Waals surface area contributed by atoms with E-state index in [4.69, 9.17) is 5.11 Å². The third kappa shape index (κ3) is 6.59. The van der Waals surface area contributed by atoms with Crippen LogP contribution in [0, 0.1) is 0 Å². The minimum absolute atomic E-state index is 0.144. The molecule has 0 saturated heterocycles. The molecular formula is C19H25N2OS2+. The summed E-state index contributed by atoms with van der Waals surface area (Å²) in [6.45, 7) is 3.92. The zero-order valence-electron chi connectivity index (χ0n) is 14.0. The van der Waals surface area contributed by atoms with E-state index in [1.807, 2.05) is 33.7 Å².